The van der Waals surface area contributed by atoms with Crippen LogP contribution in [0.1, 0.15) is 15.9 Å². The van der Waals surface area contributed by atoms with Crippen LogP contribution in [0.25, 0.3) is 0 Å². The van der Waals surface area contributed by atoms with Crippen molar-refractivity contribution in [3.63, 3.8) is 0 Å². The zero-order valence-electron chi connectivity index (χ0n) is 10.9. The number of nitrogens with one attached hydrogen (secondary N) is 1. The molecular formula is C13H14FN3O2S. The van der Waals surface area contributed by atoms with E-state index < -0.39 is 5.97 Å². The number of halogens is 1. The lowest BCUT2D eigenvalue weighted by atomic mass is 10.1. The zero-order chi connectivity index (χ0) is 14.5. The topological polar surface area (TPSA) is 77.2 Å². The molecule has 0 aliphatic rings. The Morgan fingerprint density at radius 1 is 1.55 bits per heavy atom. The Morgan fingerprint density at radius 2 is 2.35 bits per heavy atom. The first-order chi connectivity index (χ1) is 9.61. The number of carbonyl (C=O) groups is 1. The Morgan fingerprint density at radius 3 is 3.05 bits per heavy atom. The predicted molar refractivity (Wildman–Crippen MR) is 76.5 cm³/mol. The molecule has 0 amide bonds. The SMILES string of the molecule is COC(=O)c1c(N)nsc1NCCc1cccc(F)c1. The number of benzene rings is 1. The van der Waals surface area contributed by atoms with Crippen molar-refractivity contribution >= 4 is 28.3 Å². The second-order valence-corrected chi connectivity index (χ2v) is 4.84. The number of nitrogens with zero attached hydrogens (tertiary/aromatic N) is 1. The minimum absolute atomic E-state index is 0.148. The lowest BCUT2D eigenvalue weighted by molar-refractivity contribution is 0.0603. The number of esters is 1. The number of hydrogen-bond donors (Lipinski definition) is 2. The molecule has 0 spiro atoms. The first kappa shape index (κ1) is 14.3. The number of rotatable bonds is 5. The van der Waals surface area contributed by atoms with Gasteiger partial charge in [0, 0.05) is 6.54 Å². The third-order valence-electron chi connectivity index (χ3n) is 2.70. The van der Waals surface area contributed by atoms with Crippen LogP contribution in [0.15, 0.2) is 24.3 Å². The summed E-state index contributed by atoms with van der Waals surface area (Å²) in [6, 6.07) is 6.38. The molecule has 0 bridgehead atoms. The molecule has 5 nitrogen and oxygen atoms in total. The molecule has 0 radical (unpaired) electrons. The van der Waals surface area contributed by atoms with Gasteiger partial charge in [0.1, 0.15) is 16.4 Å². The Labute approximate surface area is 119 Å². The highest BCUT2D eigenvalue weighted by Gasteiger charge is 2.19. The number of ether oxygens (including phenoxy) is 1. The summed E-state index contributed by atoms with van der Waals surface area (Å²) >= 11 is 1.10. The average Bonchev–Trinajstić information content (AvgIpc) is 2.79. The smallest absolute Gasteiger partial charge is 0.344 e. The van der Waals surface area contributed by atoms with E-state index in [2.05, 4.69) is 14.4 Å². The fourth-order valence-electron chi connectivity index (χ4n) is 1.74. The maximum atomic E-state index is 13.0. The Balaban J connectivity index is 1.99. The standard InChI is InChI=1S/C13H14FN3O2S/c1-19-13(18)10-11(15)17-20-12(10)16-6-5-8-3-2-4-9(14)7-8/h2-4,7,16H,5-6H2,1H3,(H2,15,17). The molecule has 106 valence electrons. The van der Waals surface area contributed by atoms with Gasteiger partial charge in [0.2, 0.25) is 0 Å². The van der Waals surface area contributed by atoms with Crippen molar-refractivity contribution in [1.82, 2.24) is 4.37 Å². The van der Waals surface area contributed by atoms with Gasteiger partial charge in [-0.05, 0) is 35.6 Å². The van der Waals surface area contributed by atoms with Crippen LogP contribution in [0.2, 0.25) is 0 Å². The highest BCUT2D eigenvalue weighted by molar-refractivity contribution is 7.11. The molecule has 2 aromatic rings. The molecule has 7 heteroatoms. The van der Waals surface area contributed by atoms with Gasteiger partial charge >= 0.3 is 5.97 Å². The second-order valence-electron chi connectivity index (χ2n) is 4.07. The summed E-state index contributed by atoms with van der Waals surface area (Å²) < 4.78 is 21.6. The summed E-state index contributed by atoms with van der Waals surface area (Å²) in [6.07, 6.45) is 0.621. The Hall–Kier alpha value is -2.15. The third kappa shape index (κ3) is 3.24. The molecule has 0 unspecified atom stereocenters. The lowest BCUT2D eigenvalue weighted by Crippen LogP contribution is -2.10. The van der Waals surface area contributed by atoms with Crippen LogP contribution < -0.4 is 11.1 Å². The van der Waals surface area contributed by atoms with Crippen molar-refractivity contribution in [3.8, 4) is 0 Å². The molecule has 0 atom stereocenters. The van der Waals surface area contributed by atoms with Crippen molar-refractivity contribution in [2.24, 2.45) is 0 Å². The molecule has 0 saturated heterocycles. The monoisotopic (exact) mass is 295 g/mol. The van der Waals surface area contributed by atoms with E-state index in [1.807, 2.05) is 6.07 Å². The summed E-state index contributed by atoms with van der Waals surface area (Å²) in [5, 5.41) is 3.63. The van der Waals surface area contributed by atoms with Gasteiger partial charge < -0.3 is 15.8 Å². The number of hydrogen-bond acceptors (Lipinski definition) is 6. The van der Waals surface area contributed by atoms with Crippen LogP contribution in [0.4, 0.5) is 15.2 Å². The lowest BCUT2D eigenvalue weighted by Gasteiger charge is -2.06. The van der Waals surface area contributed by atoms with E-state index in [9.17, 15) is 9.18 Å². The van der Waals surface area contributed by atoms with Gasteiger partial charge in [0.15, 0.2) is 5.82 Å². The summed E-state index contributed by atoms with van der Waals surface area (Å²) in [5.41, 5.74) is 6.75. The molecule has 1 aromatic carbocycles. The zero-order valence-corrected chi connectivity index (χ0v) is 11.7. The van der Waals surface area contributed by atoms with E-state index in [0.29, 0.717) is 18.0 Å². The van der Waals surface area contributed by atoms with Crippen LogP contribution >= 0.6 is 11.5 Å². The molecule has 0 fully saturated rings. The maximum absolute atomic E-state index is 13.0. The molecule has 1 heterocycles. The van der Waals surface area contributed by atoms with Gasteiger partial charge in [-0.1, -0.05) is 12.1 Å². The molecule has 20 heavy (non-hydrogen) atoms. The van der Waals surface area contributed by atoms with E-state index in [-0.39, 0.29) is 17.2 Å². The van der Waals surface area contributed by atoms with Gasteiger partial charge in [-0.3, -0.25) is 0 Å². The molecule has 2 rings (SSSR count). The highest BCUT2D eigenvalue weighted by atomic mass is 32.1. The van der Waals surface area contributed by atoms with E-state index in [1.165, 1.54) is 19.2 Å². The number of aromatic nitrogens is 1. The van der Waals surface area contributed by atoms with E-state index in [0.717, 1.165) is 17.1 Å². The first-order valence-corrected chi connectivity index (χ1v) is 6.71. The van der Waals surface area contributed by atoms with Crippen molar-refractivity contribution in [2.75, 3.05) is 24.7 Å². The Kier molecular flexibility index (Phi) is 4.52. The largest absolute Gasteiger partial charge is 0.465 e. The minimum Gasteiger partial charge on any atom is -0.465 e. The molecular weight excluding hydrogens is 281 g/mol. The number of methoxy groups -OCH3 is 1. The van der Waals surface area contributed by atoms with Crippen LogP contribution in [0, 0.1) is 5.82 Å². The first-order valence-electron chi connectivity index (χ1n) is 5.93. The third-order valence-corrected chi connectivity index (χ3v) is 3.52. The fraction of sp³-hybridized carbons (Fsp3) is 0.231. The van der Waals surface area contributed by atoms with E-state index in [4.69, 9.17) is 5.73 Å². The summed E-state index contributed by atoms with van der Waals surface area (Å²) in [4.78, 5) is 11.6. The quantitative estimate of drug-likeness (QED) is 0.828. The van der Waals surface area contributed by atoms with Crippen LogP contribution in [-0.4, -0.2) is 24.0 Å². The van der Waals surface area contributed by atoms with Crippen molar-refractivity contribution < 1.29 is 13.9 Å². The van der Waals surface area contributed by atoms with Crippen molar-refractivity contribution in [3.05, 3.63) is 41.2 Å². The molecule has 3 N–H and O–H groups in total. The average molecular weight is 295 g/mol. The van der Waals surface area contributed by atoms with Crippen molar-refractivity contribution in [2.45, 2.75) is 6.42 Å². The molecule has 0 aliphatic carbocycles. The van der Waals surface area contributed by atoms with Gasteiger partial charge in [-0.25, -0.2) is 9.18 Å². The van der Waals surface area contributed by atoms with Gasteiger partial charge in [-0.15, -0.1) is 0 Å². The molecule has 1 aromatic heterocycles. The van der Waals surface area contributed by atoms with Crippen LogP contribution in [-0.2, 0) is 11.2 Å². The van der Waals surface area contributed by atoms with Crippen LogP contribution in [0.3, 0.4) is 0 Å². The molecule has 0 saturated carbocycles. The number of carbonyl (C=O) groups excluding carboxylic acids is 1. The molecule has 0 aliphatic heterocycles. The van der Waals surface area contributed by atoms with E-state index in [1.54, 1.807) is 6.07 Å². The van der Waals surface area contributed by atoms with Crippen molar-refractivity contribution in [1.29, 1.82) is 0 Å². The van der Waals surface area contributed by atoms with E-state index >= 15 is 0 Å². The second kappa shape index (κ2) is 6.33. The minimum atomic E-state index is -0.524. The van der Waals surface area contributed by atoms with Crippen LogP contribution in [0.5, 0.6) is 0 Å². The maximum Gasteiger partial charge on any atom is 0.344 e. The fourth-order valence-corrected chi connectivity index (χ4v) is 2.46. The number of nitrogens with two attached hydrogens (primary N) is 1. The normalized spacial score (nSPS) is 10.3. The summed E-state index contributed by atoms with van der Waals surface area (Å²) in [5.74, 6) is -0.639. The predicted octanol–water partition coefficient (Wildman–Crippen LogP) is 2.31. The van der Waals surface area contributed by atoms with Gasteiger partial charge in [0.05, 0.1) is 7.11 Å². The summed E-state index contributed by atoms with van der Waals surface area (Å²) in [7, 11) is 1.29. The van der Waals surface area contributed by atoms with Gasteiger partial charge in [0.25, 0.3) is 0 Å². The number of nitrogen functional groups attached to an aromatic ring is 1. The number of anilines is 2. The highest BCUT2D eigenvalue weighted by Crippen LogP contribution is 2.27. The Bertz CT molecular complexity index is 615. The van der Waals surface area contributed by atoms with Gasteiger partial charge in [-0.2, -0.15) is 4.37 Å². The summed E-state index contributed by atoms with van der Waals surface area (Å²) in [6.45, 7) is 0.537.